The van der Waals surface area contributed by atoms with Gasteiger partial charge < -0.3 is 10.8 Å². The minimum Gasteiger partial charge on any atom is -0.480 e. The normalized spacial score (nSPS) is 16.2. The molecule has 0 aliphatic rings. The van der Waals surface area contributed by atoms with Crippen molar-refractivity contribution in [3.63, 3.8) is 0 Å². The fourth-order valence-corrected chi connectivity index (χ4v) is 0.372. The van der Waals surface area contributed by atoms with Crippen molar-refractivity contribution in [2.75, 3.05) is 0 Å². The van der Waals surface area contributed by atoms with Gasteiger partial charge >= 0.3 is 5.97 Å². The van der Waals surface area contributed by atoms with E-state index in [9.17, 15) is 4.79 Å². The van der Waals surface area contributed by atoms with Gasteiger partial charge in [0.15, 0.2) is 0 Å². The summed E-state index contributed by atoms with van der Waals surface area (Å²) in [5.74, 6) is -1.15. The van der Waals surface area contributed by atoms with E-state index < -0.39 is 12.0 Å². The predicted molar refractivity (Wildman–Crippen MR) is 35.0 cm³/mol. The highest BCUT2D eigenvalue weighted by atomic mass is 16.4. The van der Waals surface area contributed by atoms with Gasteiger partial charge in [-0.15, -0.1) is 6.58 Å². The standard InChI is InChI=1S/C6H11NO2/c1-3-4(2)5(7)6(8)9/h3-5H,1,7H2,2H3,(H,8,9). The predicted octanol–water partition coefficient (Wildman–Crippen LogP) is 0.220. The van der Waals surface area contributed by atoms with E-state index in [1.807, 2.05) is 0 Å². The Morgan fingerprint density at radius 1 is 1.89 bits per heavy atom. The van der Waals surface area contributed by atoms with Gasteiger partial charge in [-0.05, 0) is 5.92 Å². The summed E-state index contributed by atoms with van der Waals surface area (Å²) in [6, 6.07) is -0.817. The van der Waals surface area contributed by atoms with Crippen LogP contribution in [0.3, 0.4) is 0 Å². The van der Waals surface area contributed by atoms with Gasteiger partial charge in [-0.3, -0.25) is 4.79 Å². The Kier molecular flexibility index (Phi) is 2.95. The second-order valence-corrected chi connectivity index (χ2v) is 1.96. The van der Waals surface area contributed by atoms with Crippen LogP contribution in [-0.4, -0.2) is 17.1 Å². The second kappa shape index (κ2) is 3.25. The molecular formula is C6H11NO2. The first kappa shape index (κ1) is 8.17. The van der Waals surface area contributed by atoms with Crippen molar-refractivity contribution >= 4 is 5.97 Å². The van der Waals surface area contributed by atoms with E-state index in [0.29, 0.717) is 0 Å². The van der Waals surface area contributed by atoms with E-state index in [1.54, 1.807) is 6.92 Å². The van der Waals surface area contributed by atoms with Gasteiger partial charge in [0.05, 0.1) is 0 Å². The number of hydrogen-bond donors (Lipinski definition) is 2. The molecule has 3 N–H and O–H groups in total. The third kappa shape index (κ3) is 2.28. The number of nitrogens with two attached hydrogens (primary N) is 1. The highest BCUT2D eigenvalue weighted by Gasteiger charge is 2.15. The SMILES string of the molecule is C=CC(C)C(N)C(=O)O. The molecule has 0 rings (SSSR count). The molecule has 0 aromatic carbocycles. The molecule has 0 saturated heterocycles. The summed E-state index contributed by atoms with van der Waals surface area (Å²) in [6.07, 6.45) is 1.53. The average molecular weight is 129 g/mol. The molecule has 0 aliphatic carbocycles. The van der Waals surface area contributed by atoms with Crippen molar-refractivity contribution in [2.45, 2.75) is 13.0 Å². The van der Waals surface area contributed by atoms with Crippen LogP contribution in [0.1, 0.15) is 6.92 Å². The molecule has 0 aromatic rings. The zero-order valence-electron chi connectivity index (χ0n) is 5.37. The lowest BCUT2D eigenvalue weighted by atomic mass is 10.0. The molecule has 9 heavy (non-hydrogen) atoms. The van der Waals surface area contributed by atoms with Gasteiger partial charge in [0.25, 0.3) is 0 Å². The number of carboxylic acid groups (broad SMARTS) is 1. The molecule has 2 atom stereocenters. The van der Waals surface area contributed by atoms with E-state index in [1.165, 1.54) is 6.08 Å². The van der Waals surface area contributed by atoms with E-state index in [4.69, 9.17) is 10.8 Å². The summed E-state index contributed by atoms with van der Waals surface area (Å²) in [5.41, 5.74) is 5.20. The molecule has 2 unspecified atom stereocenters. The fourth-order valence-electron chi connectivity index (χ4n) is 0.372. The van der Waals surface area contributed by atoms with E-state index in [2.05, 4.69) is 6.58 Å². The Bertz CT molecular complexity index is 122. The third-order valence-corrected chi connectivity index (χ3v) is 1.22. The first-order valence-corrected chi connectivity index (χ1v) is 2.70. The van der Waals surface area contributed by atoms with Gasteiger partial charge in [-0.25, -0.2) is 0 Å². The molecule has 0 fully saturated rings. The number of carboxylic acids is 1. The fraction of sp³-hybridized carbons (Fsp3) is 0.500. The first-order valence-electron chi connectivity index (χ1n) is 2.70. The number of carbonyl (C=O) groups is 1. The Balaban J connectivity index is 3.86. The molecule has 0 heterocycles. The Morgan fingerprint density at radius 2 is 2.33 bits per heavy atom. The maximum atomic E-state index is 10.1. The van der Waals surface area contributed by atoms with Gasteiger partial charge in [-0.2, -0.15) is 0 Å². The lowest BCUT2D eigenvalue weighted by Gasteiger charge is -2.09. The maximum absolute atomic E-state index is 10.1. The molecule has 0 spiro atoms. The molecule has 0 amide bonds. The van der Waals surface area contributed by atoms with Crippen molar-refractivity contribution < 1.29 is 9.90 Å². The van der Waals surface area contributed by atoms with Crippen molar-refractivity contribution in [3.05, 3.63) is 12.7 Å². The molecule has 0 bridgehead atoms. The zero-order valence-corrected chi connectivity index (χ0v) is 5.37. The summed E-state index contributed by atoms with van der Waals surface area (Å²) < 4.78 is 0. The van der Waals surface area contributed by atoms with Crippen LogP contribution < -0.4 is 5.73 Å². The van der Waals surface area contributed by atoms with Crippen LogP contribution in [0.5, 0.6) is 0 Å². The van der Waals surface area contributed by atoms with Crippen molar-refractivity contribution in [3.8, 4) is 0 Å². The first-order chi connectivity index (χ1) is 4.09. The minimum atomic E-state index is -0.984. The molecule has 0 aromatic heterocycles. The average Bonchev–Trinajstić information content (AvgIpc) is 1.84. The molecule has 0 radical (unpaired) electrons. The summed E-state index contributed by atoms with van der Waals surface area (Å²) in [6.45, 7) is 5.13. The van der Waals surface area contributed by atoms with Crippen LogP contribution in [0, 0.1) is 5.92 Å². The van der Waals surface area contributed by atoms with Crippen LogP contribution >= 0.6 is 0 Å². The van der Waals surface area contributed by atoms with E-state index in [0.717, 1.165) is 0 Å². The van der Waals surface area contributed by atoms with Gasteiger partial charge in [0, 0.05) is 0 Å². The van der Waals surface area contributed by atoms with E-state index >= 15 is 0 Å². The van der Waals surface area contributed by atoms with Crippen LogP contribution in [-0.2, 0) is 4.79 Å². The number of hydrogen-bond acceptors (Lipinski definition) is 2. The number of aliphatic carboxylic acids is 1. The van der Waals surface area contributed by atoms with Crippen molar-refractivity contribution in [1.29, 1.82) is 0 Å². The molecule has 3 heteroatoms. The summed E-state index contributed by atoms with van der Waals surface area (Å²) in [4.78, 5) is 10.1. The molecule has 52 valence electrons. The zero-order chi connectivity index (χ0) is 7.44. The van der Waals surface area contributed by atoms with Gasteiger partial charge in [-0.1, -0.05) is 13.0 Å². The Hall–Kier alpha value is -0.830. The van der Waals surface area contributed by atoms with Gasteiger partial charge in [0.1, 0.15) is 6.04 Å². The lowest BCUT2D eigenvalue weighted by Crippen LogP contribution is -2.35. The summed E-state index contributed by atoms with van der Waals surface area (Å²) in [5, 5.41) is 8.31. The maximum Gasteiger partial charge on any atom is 0.321 e. The molecular weight excluding hydrogens is 118 g/mol. The third-order valence-electron chi connectivity index (χ3n) is 1.22. The van der Waals surface area contributed by atoms with Crippen molar-refractivity contribution in [1.82, 2.24) is 0 Å². The Morgan fingerprint density at radius 3 is 2.44 bits per heavy atom. The van der Waals surface area contributed by atoms with Crippen LogP contribution in [0.2, 0.25) is 0 Å². The highest BCUT2D eigenvalue weighted by molar-refractivity contribution is 5.73. The highest BCUT2D eigenvalue weighted by Crippen LogP contribution is 1.99. The quantitative estimate of drug-likeness (QED) is 0.536. The minimum absolute atomic E-state index is 0.164. The second-order valence-electron chi connectivity index (χ2n) is 1.96. The van der Waals surface area contributed by atoms with Crippen LogP contribution in [0.4, 0.5) is 0 Å². The van der Waals surface area contributed by atoms with Crippen LogP contribution in [0.25, 0.3) is 0 Å². The summed E-state index contributed by atoms with van der Waals surface area (Å²) >= 11 is 0. The van der Waals surface area contributed by atoms with Crippen molar-refractivity contribution in [2.24, 2.45) is 11.7 Å². The van der Waals surface area contributed by atoms with Crippen LogP contribution in [0.15, 0.2) is 12.7 Å². The topological polar surface area (TPSA) is 63.3 Å². The smallest absolute Gasteiger partial charge is 0.321 e. The van der Waals surface area contributed by atoms with Gasteiger partial charge in [0.2, 0.25) is 0 Å². The summed E-state index contributed by atoms with van der Waals surface area (Å²) in [7, 11) is 0. The van der Waals surface area contributed by atoms with E-state index in [-0.39, 0.29) is 5.92 Å². The Labute approximate surface area is 54.2 Å². The number of rotatable bonds is 3. The molecule has 0 aliphatic heterocycles. The largest absolute Gasteiger partial charge is 0.480 e. The molecule has 3 nitrogen and oxygen atoms in total. The molecule has 0 saturated carbocycles. The monoisotopic (exact) mass is 129 g/mol. The lowest BCUT2D eigenvalue weighted by molar-refractivity contribution is -0.139.